The van der Waals surface area contributed by atoms with Crippen LogP contribution < -0.4 is 14.8 Å². The van der Waals surface area contributed by atoms with Gasteiger partial charge in [-0.25, -0.2) is 0 Å². The Labute approximate surface area is 118 Å². The summed E-state index contributed by atoms with van der Waals surface area (Å²) in [6.07, 6.45) is 0. The molecule has 1 heterocycles. The van der Waals surface area contributed by atoms with Gasteiger partial charge in [0, 0.05) is 11.4 Å². The third kappa shape index (κ3) is 2.74. The number of nitrogens with one attached hydrogen (secondary N) is 1. The number of rotatable bonds is 5. The topological polar surface area (TPSA) is 30.5 Å². The zero-order valence-electron chi connectivity index (χ0n) is 11.7. The molecule has 0 unspecified atom stereocenters. The molecule has 4 heteroatoms. The summed E-state index contributed by atoms with van der Waals surface area (Å²) in [5.41, 5.74) is 3.67. The van der Waals surface area contributed by atoms with E-state index in [2.05, 4.69) is 29.8 Å². The highest BCUT2D eigenvalue weighted by Crippen LogP contribution is 2.38. The second kappa shape index (κ2) is 6.08. The summed E-state index contributed by atoms with van der Waals surface area (Å²) in [4.78, 5) is 1.31. The maximum atomic E-state index is 5.41. The molecule has 0 aliphatic heterocycles. The number of thiophene rings is 1. The Balaban J connectivity index is 2.60. The molecule has 102 valence electrons. The number of methoxy groups -OCH3 is 2. The van der Waals surface area contributed by atoms with E-state index >= 15 is 0 Å². The summed E-state index contributed by atoms with van der Waals surface area (Å²) in [5.74, 6) is 1.53. The molecule has 0 fully saturated rings. The molecule has 1 aromatic heterocycles. The SMILES string of the molecule is CNCc1cc(OC)c(OC)cc1-c1ccsc1C. The highest BCUT2D eigenvalue weighted by atomic mass is 32.1. The summed E-state index contributed by atoms with van der Waals surface area (Å²) in [6.45, 7) is 2.94. The van der Waals surface area contributed by atoms with Crippen molar-refractivity contribution < 1.29 is 9.47 Å². The highest BCUT2D eigenvalue weighted by molar-refractivity contribution is 7.10. The van der Waals surface area contributed by atoms with E-state index in [1.54, 1.807) is 25.6 Å². The molecular weight excluding hydrogens is 258 g/mol. The predicted octanol–water partition coefficient (Wildman–Crippen LogP) is 3.46. The molecule has 1 N–H and O–H groups in total. The number of hydrogen-bond acceptors (Lipinski definition) is 4. The minimum atomic E-state index is 0.767. The van der Waals surface area contributed by atoms with Crippen LogP contribution in [-0.4, -0.2) is 21.3 Å². The molecule has 19 heavy (non-hydrogen) atoms. The lowest BCUT2D eigenvalue weighted by molar-refractivity contribution is 0.354. The summed E-state index contributed by atoms with van der Waals surface area (Å²) in [6, 6.07) is 6.25. The van der Waals surface area contributed by atoms with Gasteiger partial charge in [-0.2, -0.15) is 0 Å². The Morgan fingerprint density at radius 3 is 2.32 bits per heavy atom. The van der Waals surface area contributed by atoms with Gasteiger partial charge in [0.25, 0.3) is 0 Å². The molecular formula is C15H19NO2S. The molecule has 0 amide bonds. The van der Waals surface area contributed by atoms with Crippen LogP contribution in [0.3, 0.4) is 0 Å². The Hall–Kier alpha value is -1.52. The van der Waals surface area contributed by atoms with E-state index in [-0.39, 0.29) is 0 Å². The van der Waals surface area contributed by atoms with Crippen LogP contribution in [0.15, 0.2) is 23.6 Å². The van der Waals surface area contributed by atoms with E-state index in [1.165, 1.54) is 21.6 Å². The van der Waals surface area contributed by atoms with Crippen LogP contribution in [0.4, 0.5) is 0 Å². The second-order valence-electron chi connectivity index (χ2n) is 4.29. The van der Waals surface area contributed by atoms with Gasteiger partial charge in [-0.15, -0.1) is 11.3 Å². The van der Waals surface area contributed by atoms with E-state index in [1.807, 2.05) is 13.1 Å². The summed E-state index contributed by atoms with van der Waals surface area (Å²) in [5, 5.41) is 5.32. The van der Waals surface area contributed by atoms with E-state index in [0.29, 0.717) is 0 Å². The third-order valence-electron chi connectivity index (χ3n) is 3.13. The summed E-state index contributed by atoms with van der Waals surface area (Å²) in [7, 11) is 5.28. The van der Waals surface area contributed by atoms with Crippen LogP contribution in [0, 0.1) is 6.92 Å². The van der Waals surface area contributed by atoms with Gasteiger partial charge in [0.1, 0.15) is 0 Å². The van der Waals surface area contributed by atoms with Gasteiger partial charge < -0.3 is 14.8 Å². The van der Waals surface area contributed by atoms with Crippen LogP contribution in [0.5, 0.6) is 11.5 Å². The highest BCUT2D eigenvalue weighted by Gasteiger charge is 2.14. The molecule has 2 rings (SSSR count). The maximum absolute atomic E-state index is 5.41. The van der Waals surface area contributed by atoms with E-state index in [9.17, 15) is 0 Å². The van der Waals surface area contributed by atoms with Gasteiger partial charge in [-0.3, -0.25) is 0 Å². The third-order valence-corrected chi connectivity index (χ3v) is 3.97. The Kier molecular flexibility index (Phi) is 4.45. The first kappa shape index (κ1) is 13.9. The first-order chi connectivity index (χ1) is 9.21. The number of hydrogen-bond donors (Lipinski definition) is 1. The molecule has 0 aliphatic rings. The van der Waals surface area contributed by atoms with Crippen molar-refractivity contribution in [2.24, 2.45) is 0 Å². The van der Waals surface area contributed by atoms with Crippen LogP contribution in [-0.2, 0) is 6.54 Å². The quantitative estimate of drug-likeness (QED) is 0.908. The Morgan fingerprint density at radius 2 is 1.79 bits per heavy atom. The monoisotopic (exact) mass is 277 g/mol. The number of benzene rings is 1. The van der Waals surface area contributed by atoms with Gasteiger partial charge in [0.05, 0.1) is 14.2 Å². The zero-order chi connectivity index (χ0) is 13.8. The fourth-order valence-corrected chi connectivity index (χ4v) is 2.89. The average Bonchev–Trinajstić information content (AvgIpc) is 2.84. The Morgan fingerprint density at radius 1 is 1.11 bits per heavy atom. The Bertz CT molecular complexity index is 563. The minimum Gasteiger partial charge on any atom is -0.493 e. The van der Waals surface area contributed by atoms with Gasteiger partial charge >= 0.3 is 0 Å². The summed E-state index contributed by atoms with van der Waals surface area (Å²) < 4.78 is 10.8. The lowest BCUT2D eigenvalue weighted by atomic mass is 9.99. The lowest BCUT2D eigenvalue weighted by Crippen LogP contribution is -2.07. The van der Waals surface area contributed by atoms with Crippen molar-refractivity contribution in [3.05, 3.63) is 34.0 Å². The van der Waals surface area contributed by atoms with Crippen LogP contribution >= 0.6 is 11.3 Å². The molecule has 0 saturated heterocycles. The van der Waals surface area contributed by atoms with E-state index < -0.39 is 0 Å². The van der Waals surface area contributed by atoms with Crippen molar-refractivity contribution in [1.82, 2.24) is 5.32 Å². The maximum Gasteiger partial charge on any atom is 0.161 e. The largest absolute Gasteiger partial charge is 0.493 e. The first-order valence-corrected chi connectivity index (χ1v) is 7.03. The molecule has 0 saturated carbocycles. The fraction of sp³-hybridized carbons (Fsp3) is 0.333. The molecule has 0 atom stereocenters. The number of ether oxygens (including phenoxy) is 2. The van der Waals surface area contributed by atoms with Gasteiger partial charge in [0.15, 0.2) is 11.5 Å². The van der Waals surface area contributed by atoms with Crippen molar-refractivity contribution in [2.45, 2.75) is 13.5 Å². The van der Waals surface area contributed by atoms with E-state index in [0.717, 1.165) is 18.0 Å². The average molecular weight is 277 g/mol. The standard InChI is InChI=1S/C15H19NO2S/c1-10-12(5-6-19-10)13-8-15(18-4)14(17-3)7-11(13)9-16-2/h5-8,16H,9H2,1-4H3. The molecule has 3 nitrogen and oxygen atoms in total. The van der Waals surface area contributed by atoms with E-state index in [4.69, 9.17) is 9.47 Å². The van der Waals surface area contributed by atoms with Crippen molar-refractivity contribution in [3.63, 3.8) is 0 Å². The van der Waals surface area contributed by atoms with Crippen LogP contribution in [0.1, 0.15) is 10.4 Å². The van der Waals surface area contributed by atoms with Gasteiger partial charge in [0.2, 0.25) is 0 Å². The molecule has 0 radical (unpaired) electrons. The van der Waals surface area contributed by atoms with Crippen molar-refractivity contribution in [1.29, 1.82) is 0 Å². The smallest absolute Gasteiger partial charge is 0.161 e. The number of aryl methyl sites for hydroxylation is 1. The normalized spacial score (nSPS) is 10.5. The van der Waals surface area contributed by atoms with Crippen molar-refractivity contribution in [2.75, 3.05) is 21.3 Å². The first-order valence-electron chi connectivity index (χ1n) is 6.15. The summed E-state index contributed by atoms with van der Waals surface area (Å²) >= 11 is 1.76. The van der Waals surface area contributed by atoms with Gasteiger partial charge in [-0.05, 0) is 54.2 Å². The molecule has 1 aromatic carbocycles. The van der Waals surface area contributed by atoms with Crippen molar-refractivity contribution in [3.8, 4) is 22.6 Å². The lowest BCUT2D eigenvalue weighted by Gasteiger charge is -2.15. The minimum absolute atomic E-state index is 0.767. The predicted molar refractivity (Wildman–Crippen MR) is 80.4 cm³/mol. The molecule has 2 aromatic rings. The molecule has 0 bridgehead atoms. The second-order valence-corrected chi connectivity index (χ2v) is 5.41. The van der Waals surface area contributed by atoms with Crippen LogP contribution in [0.2, 0.25) is 0 Å². The molecule has 0 aliphatic carbocycles. The van der Waals surface area contributed by atoms with Crippen molar-refractivity contribution >= 4 is 11.3 Å². The fourth-order valence-electron chi connectivity index (χ4n) is 2.17. The molecule has 0 spiro atoms. The zero-order valence-corrected chi connectivity index (χ0v) is 12.6. The van der Waals surface area contributed by atoms with Crippen LogP contribution in [0.25, 0.3) is 11.1 Å². The van der Waals surface area contributed by atoms with Gasteiger partial charge in [-0.1, -0.05) is 0 Å².